The average molecular weight is 938 g/mol. The Kier molecular flexibility index (Phi) is 14.5. The van der Waals surface area contributed by atoms with Crippen LogP contribution in [0.1, 0.15) is 37.7 Å². The summed E-state index contributed by atoms with van der Waals surface area (Å²) in [5.74, 6) is -1.70. The van der Waals surface area contributed by atoms with Crippen molar-refractivity contribution in [1.29, 1.82) is 0 Å². The van der Waals surface area contributed by atoms with Crippen LogP contribution in [-0.2, 0) is 23.7 Å². The molecule has 271 valence electrons. The molecule has 3 aromatic rings. The molecule has 3 amide bonds. The first-order valence-corrected chi connectivity index (χ1v) is 16.9. The Hall–Kier alpha value is -3.38. The molecule has 1 aromatic heterocycles. The van der Waals surface area contributed by atoms with Gasteiger partial charge in [0, 0.05) is 12.1 Å². The molecule has 3 saturated carbocycles. The summed E-state index contributed by atoms with van der Waals surface area (Å²) >= 11 is 12.4. The number of fused-ring (bicyclic) bond motifs is 3. The maximum atomic E-state index is 13.9. The second kappa shape index (κ2) is 17.7. The smallest absolute Gasteiger partial charge is 0.412 e. The van der Waals surface area contributed by atoms with Crippen LogP contribution in [0.3, 0.4) is 0 Å². The van der Waals surface area contributed by atoms with Crippen molar-refractivity contribution < 1.29 is 51.1 Å². The molecule has 1 heterocycles. The van der Waals surface area contributed by atoms with E-state index in [4.69, 9.17) is 40.2 Å². The van der Waals surface area contributed by atoms with E-state index in [1.54, 1.807) is 18.3 Å². The number of anilines is 1. The Morgan fingerprint density at radius 2 is 1.48 bits per heavy atom. The minimum atomic E-state index is -0.977. The summed E-state index contributed by atoms with van der Waals surface area (Å²) in [6.45, 7) is -0.564. The second-order valence-electron chi connectivity index (χ2n) is 11.6. The molecule has 1 atom stereocenters. The monoisotopic (exact) mass is 936 g/mol. The minimum Gasteiger partial charge on any atom is -0.412 e. The second-order valence-corrected chi connectivity index (χ2v) is 13.4. The molecule has 1 radical (unpaired) electrons. The Balaban J connectivity index is 0.00000338. The van der Waals surface area contributed by atoms with Crippen LogP contribution in [0.15, 0.2) is 54.7 Å². The molecular formula is C32H35Cl2F2N4O9Po. The number of halogens is 4. The van der Waals surface area contributed by atoms with E-state index < -0.39 is 53.3 Å². The van der Waals surface area contributed by atoms with Gasteiger partial charge in [-0.2, -0.15) is 0 Å². The van der Waals surface area contributed by atoms with Crippen molar-refractivity contribution in [3.8, 4) is 11.5 Å². The first-order valence-electron chi connectivity index (χ1n) is 14.8. The summed E-state index contributed by atoms with van der Waals surface area (Å²) in [6, 6.07) is 11.2. The van der Waals surface area contributed by atoms with Gasteiger partial charge in [-0.1, -0.05) is 23.2 Å². The Bertz CT molecular complexity index is 1680. The Morgan fingerprint density at radius 3 is 2.02 bits per heavy atom. The zero-order valence-electron chi connectivity index (χ0n) is 26.6. The zero-order chi connectivity index (χ0) is 34.5. The van der Waals surface area contributed by atoms with Crippen LogP contribution in [0.25, 0.3) is 0 Å². The number of hydrogen-bond acceptors (Lipinski definition) is 8. The van der Waals surface area contributed by atoms with Crippen LogP contribution in [0.2, 0.25) is 10.0 Å². The van der Waals surface area contributed by atoms with Crippen molar-refractivity contribution in [1.82, 2.24) is 15.6 Å². The van der Waals surface area contributed by atoms with Crippen LogP contribution in [0.4, 0.5) is 19.4 Å². The average Bonchev–Trinajstić information content (AvgIpc) is 3.06. The van der Waals surface area contributed by atoms with Gasteiger partial charge < -0.3 is 20.4 Å². The topological polar surface area (TPSA) is 191 Å². The van der Waals surface area contributed by atoms with Gasteiger partial charge in [0.05, 0.1) is 10.0 Å². The van der Waals surface area contributed by atoms with Gasteiger partial charge in [-0.05, 0) is 24.3 Å². The molecule has 3 aliphatic carbocycles. The van der Waals surface area contributed by atoms with E-state index in [0.29, 0.717) is 37.1 Å². The van der Waals surface area contributed by atoms with Gasteiger partial charge in [0.1, 0.15) is 23.1 Å². The fraction of sp³-hybridized carbons (Fsp3) is 0.375. The number of rotatable bonds is 12. The maximum absolute atomic E-state index is 13.9. The third kappa shape index (κ3) is 9.68. The summed E-state index contributed by atoms with van der Waals surface area (Å²) in [6.07, 6.45) is 1.80. The summed E-state index contributed by atoms with van der Waals surface area (Å²) in [7, 11) is 1.52. The molecule has 3 fully saturated rings. The van der Waals surface area contributed by atoms with Crippen LogP contribution in [0, 0.1) is 11.6 Å². The number of nitrogens with one attached hydrogen (secondary N) is 2. The van der Waals surface area contributed by atoms with Gasteiger partial charge in [-0.25, -0.2) is 8.78 Å². The molecule has 2 bridgehead atoms. The van der Waals surface area contributed by atoms with Crippen LogP contribution in [0.5, 0.6) is 11.5 Å². The third-order valence-electron chi connectivity index (χ3n) is 8.52. The number of amides is 3. The number of ether oxygens (including phenoxy) is 3. The summed E-state index contributed by atoms with van der Waals surface area (Å²) in [5, 5.41) is 5.90. The molecule has 6 rings (SSSR count). The van der Waals surface area contributed by atoms with E-state index in [-0.39, 0.29) is 52.1 Å². The molecule has 0 unspecified atom stereocenters. The zero-order valence-corrected chi connectivity index (χ0v) is 31.3. The van der Waals surface area contributed by atoms with Crippen molar-refractivity contribution in [2.45, 2.75) is 55.9 Å². The number of pyridine rings is 1. The molecule has 50 heavy (non-hydrogen) atoms. The van der Waals surface area contributed by atoms with E-state index in [9.17, 15) is 23.2 Å². The number of aromatic nitrogens is 1. The number of benzene rings is 2. The predicted molar refractivity (Wildman–Crippen MR) is 179 cm³/mol. The molecule has 3 aliphatic rings. The molecule has 13 nitrogen and oxygen atoms in total. The molecule has 2 aromatic carbocycles. The SMILES string of the molecule is CN(C(=O)O[C@H]1CC2(NC(=O)COc3ccc(Cl)c(F)c3)CCC1(NC(=O)COc1ccc(Cl)c(F)c1)CC2)c1ncccc1C[O][Po].O.O. The van der Waals surface area contributed by atoms with E-state index in [2.05, 4.69) is 15.6 Å². The summed E-state index contributed by atoms with van der Waals surface area (Å²) < 4.78 is 50.1. The van der Waals surface area contributed by atoms with Crippen LogP contribution < -0.4 is 25.0 Å². The first kappa shape index (κ1) is 41.0. The molecule has 0 saturated heterocycles. The molecule has 6 N–H and O–H groups in total. The first-order chi connectivity index (χ1) is 22.9. The van der Waals surface area contributed by atoms with Gasteiger partial charge in [0.2, 0.25) is 0 Å². The number of carbonyl (C=O) groups excluding carboxylic acids is 3. The van der Waals surface area contributed by atoms with Gasteiger partial charge in [0.25, 0.3) is 0 Å². The third-order valence-corrected chi connectivity index (χ3v) is 9.59. The molecule has 0 spiro atoms. The van der Waals surface area contributed by atoms with Gasteiger partial charge in [0.15, 0.2) is 6.61 Å². The van der Waals surface area contributed by atoms with Gasteiger partial charge in [-0.3, -0.25) is 4.79 Å². The quantitative estimate of drug-likeness (QED) is 0.276. The summed E-state index contributed by atoms with van der Waals surface area (Å²) in [4.78, 5) is 45.4. The van der Waals surface area contributed by atoms with Gasteiger partial charge in [-0.15, -0.1) is 0 Å². The molecular weight excluding hydrogens is 902 g/mol. The van der Waals surface area contributed by atoms with Crippen LogP contribution >= 0.6 is 23.2 Å². The minimum absolute atomic E-state index is 0. The maximum Gasteiger partial charge on any atom is -0.412 e. The normalized spacial score (nSPS) is 20.4. The fourth-order valence-electron chi connectivity index (χ4n) is 6.06. The predicted octanol–water partition coefficient (Wildman–Crippen LogP) is 3.40. The van der Waals surface area contributed by atoms with E-state index in [0.717, 1.165) is 37.6 Å². The van der Waals surface area contributed by atoms with Crippen molar-refractivity contribution in [3.63, 3.8) is 0 Å². The molecule has 0 aliphatic heterocycles. The number of carbonyl (C=O) groups is 3. The van der Waals surface area contributed by atoms with Crippen molar-refractivity contribution >= 4 is 72.4 Å². The Morgan fingerprint density at radius 1 is 0.920 bits per heavy atom. The van der Waals surface area contributed by atoms with E-state index in [1.807, 2.05) is 0 Å². The fourth-order valence-corrected chi connectivity index (χ4v) is 6.79. The van der Waals surface area contributed by atoms with Crippen molar-refractivity contribution in [2.24, 2.45) is 0 Å². The number of nitrogens with zero attached hydrogens (tertiary/aromatic N) is 2. The molecule has 18 heteroatoms. The number of hydrogen-bond donors (Lipinski definition) is 2. The van der Waals surface area contributed by atoms with E-state index in [1.165, 1.54) is 36.2 Å². The summed E-state index contributed by atoms with van der Waals surface area (Å²) in [5.41, 5.74) is -1.07. The van der Waals surface area contributed by atoms with Gasteiger partial charge >= 0.3 is 180 Å². The van der Waals surface area contributed by atoms with Crippen LogP contribution in [-0.4, -0.2) is 96.8 Å². The van der Waals surface area contributed by atoms with E-state index >= 15 is 0 Å². The Labute approximate surface area is 312 Å². The largest absolute Gasteiger partial charge is 0.412 e. The van der Waals surface area contributed by atoms with Crippen molar-refractivity contribution in [2.75, 3.05) is 25.2 Å². The standard InChI is InChI=1S/C32H31Cl2F2N4O7.2H2O.Po/c1-40(29-19(16-41)3-2-12-37-29)30(44)47-26-15-31(38-27(42)17-45-20-4-6-22(33)24(35)13-20)8-10-32(26,11-9-31)39-28(43)18-46-21-5-7-23(34)25(36)14-21;;;/h2-7,12-14,26H,8-11,15-18H2,1H3,(H,38,42)(H,39,43);2*1H2;/q-1;;;+1/t26-,31?,32?;;;/m0.../s1. The van der Waals surface area contributed by atoms with Crippen molar-refractivity contribution in [3.05, 3.63) is 82.0 Å².